The summed E-state index contributed by atoms with van der Waals surface area (Å²) < 4.78 is 13.0. The maximum absolute atomic E-state index is 13.0. The van der Waals surface area contributed by atoms with E-state index in [1.807, 2.05) is 6.92 Å². The third-order valence-electron chi connectivity index (χ3n) is 3.13. The first kappa shape index (κ1) is 15.6. The number of hydrogen-bond acceptors (Lipinski definition) is 4. The predicted octanol–water partition coefficient (Wildman–Crippen LogP) is 2.06. The molecule has 0 bridgehead atoms. The molecule has 3 N–H and O–H groups in total. The summed E-state index contributed by atoms with van der Waals surface area (Å²) in [6, 6.07) is 4.68. The summed E-state index contributed by atoms with van der Waals surface area (Å²) in [6.07, 6.45) is 1.35. The molecular formula is C15H18FN3OS. The van der Waals surface area contributed by atoms with E-state index in [4.69, 9.17) is 5.73 Å². The molecule has 0 spiro atoms. The van der Waals surface area contributed by atoms with Crippen LogP contribution in [0.1, 0.15) is 26.6 Å². The number of rotatable bonds is 6. The van der Waals surface area contributed by atoms with Crippen LogP contribution in [0.5, 0.6) is 0 Å². The van der Waals surface area contributed by atoms with Crippen LogP contribution in [-0.4, -0.2) is 24.0 Å². The molecule has 112 valence electrons. The molecule has 1 amide bonds. The quantitative estimate of drug-likeness (QED) is 0.858. The number of carbonyl (C=O) groups excluding carboxylic acids is 1. The van der Waals surface area contributed by atoms with Crippen molar-refractivity contribution in [1.29, 1.82) is 0 Å². The zero-order valence-corrected chi connectivity index (χ0v) is 12.7. The van der Waals surface area contributed by atoms with E-state index in [2.05, 4.69) is 10.3 Å². The summed E-state index contributed by atoms with van der Waals surface area (Å²) in [5.41, 5.74) is 7.80. The SMILES string of the molecule is Cc1cc(F)ccc1CCNC(=O)c1csc(CCN)n1. The Kier molecular flexibility index (Phi) is 5.41. The van der Waals surface area contributed by atoms with Gasteiger partial charge in [0.25, 0.3) is 5.91 Å². The molecule has 1 aromatic carbocycles. The Bertz CT molecular complexity index is 627. The van der Waals surface area contributed by atoms with E-state index in [1.165, 1.54) is 23.5 Å². The highest BCUT2D eigenvalue weighted by atomic mass is 32.1. The number of nitrogens with zero attached hydrogens (tertiary/aromatic N) is 1. The van der Waals surface area contributed by atoms with Crippen LogP contribution in [0.15, 0.2) is 23.6 Å². The molecule has 1 aromatic heterocycles. The Morgan fingerprint density at radius 3 is 2.95 bits per heavy atom. The van der Waals surface area contributed by atoms with Gasteiger partial charge in [0.15, 0.2) is 0 Å². The van der Waals surface area contributed by atoms with Crippen molar-refractivity contribution >= 4 is 17.2 Å². The van der Waals surface area contributed by atoms with E-state index in [9.17, 15) is 9.18 Å². The van der Waals surface area contributed by atoms with Gasteiger partial charge in [-0.3, -0.25) is 4.79 Å². The fourth-order valence-corrected chi connectivity index (χ4v) is 2.79. The van der Waals surface area contributed by atoms with Gasteiger partial charge in [0.1, 0.15) is 11.5 Å². The second-order valence-electron chi connectivity index (χ2n) is 4.74. The van der Waals surface area contributed by atoms with E-state index in [1.54, 1.807) is 11.4 Å². The van der Waals surface area contributed by atoms with Crippen LogP contribution < -0.4 is 11.1 Å². The van der Waals surface area contributed by atoms with Crippen LogP contribution in [0, 0.1) is 12.7 Å². The van der Waals surface area contributed by atoms with Gasteiger partial charge in [-0.05, 0) is 43.1 Å². The van der Waals surface area contributed by atoms with E-state index >= 15 is 0 Å². The fraction of sp³-hybridized carbons (Fsp3) is 0.333. The van der Waals surface area contributed by atoms with Gasteiger partial charge < -0.3 is 11.1 Å². The van der Waals surface area contributed by atoms with Gasteiger partial charge in [0.2, 0.25) is 0 Å². The number of benzene rings is 1. The Morgan fingerprint density at radius 1 is 1.43 bits per heavy atom. The minimum Gasteiger partial charge on any atom is -0.350 e. The number of carbonyl (C=O) groups is 1. The van der Waals surface area contributed by atoms with Crippen molar-refractivity contribution in [3.8, 4) is 0 Å². The summed E-state index contributed by atoms with van der Waals surface area (Å²) in [5, 5.41) is 5.44. The molecule has 0 unspecified atom stereocenters. The topological polar surface area (TPSA) is 68.0 Å². The standard InChI is InChI=1S/C15H18FN3OS/c1-10-8-12(16)3-2-11(10)5-7-18-15(20)13-9-21-14(19-13)4-6-17/h2-3,8-9H,4-7,17H2,1H3,(H,18,20). The molecule has 0 aliphatic carbocycles. The van der Waals surface area contributed by atoms with Crippen molar-refractivity contribution in [1.82, 2.24) is 10.3 Å². The third kappa shape index (κ3) is 4.34. The second-order valence-corrected chi connectivity index (χ2v) is 5.68. The van der Waals surface area contributed by atoms with E-state index in [0.29, 0.717) is 31.6 Å². The van der Waals surface area contributed by atoms with Gasteiger partial charge in [-0.1, -0.05) is 6.07 Å². The van der Waals surface area contributed by atoms with Gasteiger partial charge in [0.05, 0.1) is 5.01 Å². The van der Waals surface area contributed by atoms with E-state index < -0.39 is 0 Å². The smallest absolute Gasteiger partial charge is 0.270 e. The van der Waals surface area contributed by atoms with Crippen molar-refractivity contribution in [3.63, 3.8) is 0 Å². The normalized spacial score (nSPS) is 10.6. The van der Waals surface area contributed by atoms with Crippen LogP contribution in [0.4, 0.5) is 4.39 Å². The molecule has 2 rings (SSSR count). The second kappa shape index (κ2) is 7.28. The van der Waals surface area contributed by atoms with Crippen LogP contribution in [0.2, 0.25) is 0 Å². The predicted molar refractivity (Wildman–Crippen MR) is 82.0 cm³/mol. The molecule has 0 aliphatic heterocycles. The lowest BCUT2D eigenvalue weighted by atomic mass is 10.1. The average molecular weight is 307 g/mol. The largest absolute Gasteiger partial charge is 0.350 e. The lowest BCUT2D eigenvalue weighted by Crippen LogP contribution is -2.26. The number of hydrogen-bond donors (Lipinski definition) is 2. The Hall–Kier alpha value is -1.79. The first-order chi connectivity index (χ1) is 10.1. The van der Waals surface area contributed by atoms with Crippen LogP contribution >= 0.6 is 11.3 Å². The van der Waals surface area contributed by atoms with Crippen molar-refractivity contribution in [3.05, 3.63) is 51.2 Å². The number of aromatic nitrogens is 1. The van der Waals surface area contributed by atoms with Crippen LogP contribution in [-0.2, 0) is 12.8 Å². The lowest BCUT2D eigenvalue weighted by Gasteiger charge is -2.06. The molecule has 6 heteroatoms. The zero-order valence-electron chi connectivity index (χ0n) is 11.9. The Labute approximate surface area is 127 Å². The average Bonchev–Trinajstić information content (AvgIpc) is 2.90. The highest BCUT2D eigenvalue weighted by Crippen LogP contribution is 2.11. The van der Waals surface area contributed by atoms with Crippen LogP contribution in [0.3, 0.4) is 0 Å². The molecule has 1 heterocycles. The molecule has 0 atom stereocenters. The van der Waals surface area contributed by atoms with E-state index in [-0.39, 0.29) is 11.7 Å². The van der Waals surface area contributed by atoms with Crippen LogP contribution in [0.25, 0.3) is 0 Å². The highest BCUT2D eigenvalue weighted by molar-refractivity contribution is 7.09. The highest BCUT2D eigenvalue weighted by Gasteiger charge is 2.10. The molecule has 21 heavy (non-hydrogen) atoms. The zero-order chi connectivity index (χ0) is 15.2. The molecule has 0 fully saturated rings. The third-order valence-corrected chi connectivity index (χ3v) is 4.04. The van der Waals surface area contributed by atoms with Crippen molar-refractivity contribution in [2.45, 2.75) is 19.8 Å². The van der Waals surface area contributed by atoms with Crippen molar-refractivity contribution < 1.29 is 9.18 Å². The van der Waals surface area contributed by atoms with Crippen molar-refractivity contribution in [2.24, 2.45) is 5.73 Å². The molecule has 0 saturated carbocycles. The minimum atomic E-state index is -0.241. The number of halogens is 1. The summed E-state index contributed by atoms with van der Waals surface area (Å²) >= 11 is 1.44. The van der Waals surface area contributed by atoms with Crippen molar-refractivity contribution in [2.75, 3.05) is 13.1 Å². The molecule has 2 aromatic rings. The number of thiazole rings is 1. The summed E-state index contributed by atoms with van der Waals surface area (Å²) in [6.45, 7) is 2.88. The lowest BCUT2D eigenvalue weighted by molar-refractivity contribution is 0.0949. The molecular weight excluding hydrogens is 289 g/mol. The summed E-state index contributed by atoms with van der Waals surface area (Å²) in [5.74, 6) is -0.426. The maximum Gasteiger partial charge on any atom is 0.270 e. The number of aryl methyl sites for hydroxylation is 1. The Balaban J connectivity index is 1.86. The molecule has 0 radical (unpaired) electrons. The number of nitrogens with two attached hydrogens (primary N) is 1. The summed E-state index contributed by atoms with van der Waals surface area (Å²) in [4.78, 5) is 16.2. The van der Waals surface area contributed by atoms with Gasteiger partial charge in [0, 0.05) is 18.3 Å². The molecule has 0 aliphatic rings. The molecule has 4 nitrogen and oxygen atoms in total. The number of amides is 1. The van der Waals surface area contributed by atoms with Gasteiger partial charge in [-0.25, -0.2) is 9.37 Å². The monoisotopic (exact) mass is 307 g/mol. The van der Waals surface area contributed by atoms with Gasteiger partial charge >= 0.3 is 0 Å². The summed E-state index contributed by atoms with van der Waals surface area (Å²) in [7, 11) is 0. The Morgan fingerprint density at radius 2 is 2.24 bits per heavy atom. The minimum absolute atomic E-state index is 0.186. The number of nitrogens with one attached hydrogen (secondary N) is 1. The fourth-order valence-electron chi connectivity index (χ4n) is 1.99. The van der Waals surface area contributed by atoms with E-state index in [0.717, 1.165) is 16.1 Å². The van der Waals surface area contributed by atoms with Gasteiger partial charge in [-0.15, -0.1) is 11.3 Å². The first-order valence-electron chi connectivity index (χ1n) is 6.78. The first-order valence-corrected chi connectivity index (χ1v) is 7.66. The molecule has 0 saturated heterocycles. The van der Waals surface area contributed by atoms with Gasteiger partial charge in [-0.2, -0.15) is 0 Å². The maximum atomic E-state index is 13.0.